The third-order valence-corrected chi connectivity index (χ3v) is 7.86. The number of carbonyl (C=O) groups is 1. The van der Waals surface area contributed by atoms with E-state index in [4.69, 9.17) is 10.3 Å². The van der Waals surface area contributed by atoms with E-state index in [0.29, 0.717) is 12.0 Å². The summed E-state index contributed by atoms with van der Waals surface area (Å²) in [5, 5.41) is 7.08. The summed E-state index contributed by atoms with van der Waals surface area (Å²) in [6.07, 6.45) is 3.31. The van der Waals surface area contributed by atoms with Gasteiger partial charge in [0.15, 0.2) is 5.82 Å². The molecule has 0 aliphatic rings. The van der Waals surface area contributed by atoms with Crippen LogP contribution in [0.4, 0.5) is 5.69 Å². The largest absolute Gasteiger partial charge is 0.346 e. The van der Waals surface area contributed by atoms with Crippen molar-refractivity contribution in [2.45, 2.75) is 31.8 Å². The van der Waals surface area contributed by atoms with E-state index in [1.54, 1.807) is 18.2 Å². The molecule has 3 aromatic carbocycles. The molecule has 0 fully saturated rings. The summed E-state index contributed by atoms with van der Waals surface area (Å²) < 4.78 is 31.3. The van der Waals surface area contributed by atoms with Crippen LogP contribution in [-0.4, -0.2) is 37.8 Å². The summed E-state index contributed by atoms with van der Waals surface area (Å²) in [6.45, 7) is 7.44. The van der Waals surface area contributed by atoms with Crippen LogP contribution in [0.1, 0.15) is 52.8 Å². The van der Waals surface area contributed by atoms with Gasteiger partial charge < -0.3 is 15.6 Å². The third-order valence-electron chi connectivity index (χ3n) is 6.66. The van der Waals surface area contributed by atoms with Crippen molar-refractivity contribution in [3.63, 3.8) is 0 Å². The van der Waals surface area contributed by atoms with E-state index in [2.05, 4.69) is 22.0 Å². The van der Waals surface area contributed by atoms with Crippen LogP contribution in [0.25, 0.3) is 17.5 Å². The van der Waals surface area contributed by atoms with Crippen molar-refractivity contribution >= 4 is 27.7 Å². The first-order valence-electron chi connectivity index (χ1n) is 12.7. The predicted molar refractivity (Wildman–Crippen MR) is 157 cm³/mol. The van der Waals surface area contributed by atoms with E-state index in [1.807, 2.05) is 68.4 Å². The van der Waals surface area contributed by atoms with Crippen LogP contribution in [0.3, 0.4) is 0 Å². The molecule has 10 heteroatoms. The van der Waals surface area contributed by atoms with E-state index in [-0.39, 0.29) is 29.0 Å². The third kappa shape index (κ3) is 6.64. The highest BCUT2D eigenvalue weighted by Gasteiger charge is 2.29. The Kier molecular flexibility index (Phi) is 8.22. The first-order valence-corrected chi connectivity index (χ1v) is 14.5. The molecule has 0 aliphatic heterocycles. The van der Waals surface area contributed by atoms with E-state index in [0.717, 1.165) is 27.3 Å². The lowest BCUT2D eigenvalue weighted by atomic mass is 9.93. The van der Waals surface area contributed by atoms with E-state index in [9.17, 15) is 13.2 Å². The molecule has 3 N–H and O–H groups in total. The number of nitrogens with zero attached hydrogens (tertiary/aromatic N) is 3. The number of hydrogen-bond donors (Lipinski definition) is 2. The van der Waals surface area contributed by atoms with Crippen LogP contribution in [0.15, 0.2) is 83.9 Å². The molecule has 0 spiro atoms. The fourth-order valence-electron chi connectivity index (χ4n) is 4.19. The molecule has 2 atom stereocenters. The highest BCUT2D eigenvalue weighted by atomic mass is 32.2. The van der Waals surface area contributed by atoms with Crippen molar-refractivity contribution in [1.82, 2.24) is 15.5 Å². The highest BCUT2D eigenvalue weighted by Crippen LogP contribution is 2.29. The van der Waals surface area contributed by atoms with Gasteiger partial charge in [0.05, 0.1) is 23.5 Å². The predicted octanol–water partition coefficient (Wildman–Crippen LogP) is 4.68. The van der Waals surface area contributed by atoms with Crippen molar-refractivity contribution in [1.29, 1.82) is 0 Å². The Labute approximate surface area is 234 Å². The van der Waals surface area contributed by atoms with Gasteiger partial charge in [-0.2, -0.15) is 4.98 Å². The zero-order valence-electron chi connectivity index (χ0n) is 23.0. The van der Waals surface area contributed by atoms with Crippen molar-refractivity contribution in [2.75, 3.05) is 17.6 Å². The minimum absolute atomic E-state index is 0.116. The van der Waals surface area contributed by atoms with E-state index >= 15 is 0 Å². The highest BCUT2D eigenvalue weighted by molar-refractivity contribution is 7.92. The van der Waals surface area contributed by atoms with Crippen molar-refractivity contribution in [3.8, 4) is 11.5 Å². The van der Waals surface area contributed by atoms with Crippen molar-refractivity contribution < 1.29 is 17.7 Å². The molecule has 0 radical (unpaired) electrons. The Hall–Kier alpha value is -4.28. The SMILES string of the molecule is C=Cc1ccc([C@@H](C)NC(=O)c2cc(-c3nc([C@](C)(N)Cc4ccccc4)no3)cc(N(C)S(C)(=O)=O)c2)cc1. The quantitative estimate of drug-likeness (QED) is 0.288. The standard InChI is InChI=1S/C30H33N5O4S/c1-6-21-12-14-23(15-13-21)20(2)32-27(36)24-16-25(18-26(17-24)35(4)40(5,37)38)28-33-29(34-39-28)30(3,31)19-22-10-8-7-9-11-22/h6-18,20H,1,19,31H2,2-5H3,(H,32,36)/t20-,30-/m1/s1. The van der Waals surface area contributed by atoms with Gasteiger partial charge in [-0.3, -0.25) is 9.10 Å². The average molecular weight is 560 g/mol. The fourth-order valence-corrected chi connectivity index (χ4v) is 4.68. The number of sulfonamides is 1. The summed E-state index contributed by atoms with van der Waals surface area (Å²) in [5.41, 5.74) is 9.42. The number of nitrogens with two attached hydrogens (primary N) is 1. The van der Waals surface area contributed by atoms with Crippen LogP contribution < -0.4 is 15.4 Å². The summed E-state index contributed by atoms with van der Waals surface area (Å²) in [5.74, 6) is 0.0131. The zero-order valence-corrected chi connectivity index (χ0v) is 23.8. The van der Waals surface area contributed by atoms with Crippen LogP contribution in [0.5, 0.6) is 0 Å². The van der Waals surface area contributed by atoms with Gasteiger partial charge in [0.1, 0.15) is 0 Å². The molecule has 40 heavy (non-hydrogen) atoms. The first kappa shape index (κ1) is 28.7. The van der Waals surface area contributed by atoms with Crippen molar-refractivity contribution in [2.24, 2.45) is 5.73 Å². The average Bonchev–Trinajstić information content (AvgIpc) is 3.44. The topological polar surface area (TPSA) is 131 Å². The summed E-state index contributed by atoms with van der Waals surface area (Å²) in [4.78, 5) is 17.9. The molecule has 0 bridgehead atoms. The van der Waals surface area contributed by atoms with Gasteiger partial charge in [0.25, 0.3) is 11.8 Å². The maximum absolute atomic E-state index is 13.3. The minimum Gasteiger partial charge on any atom is -0.346 e. The van der Waals surface area contributed by atoms with Gasteiger partial charge in [0, 0.05) is 18.2 Å². The van der Waals surface area contributed by atoms with Gasteiger partial charge in [-0.15, -0.1) is 0 Å². The number of carbonyl (C=O) groups excluding carboxylic acids is 1. The molecule has 0 saturated heterocycles. The Bertz CT molecular complexity index is 1610. The molecular weight excluding hydrogens is 526 g/mol. The lowest BCUT2D eigenvalue weighted by Crippen LogP contribution is -2.36. The molecule has 1 amide bonds. The number of hydrogen-bond acceptors (Lipinski definition) is 7. The normalized spacial score (nSPS) is 13.7. The second kappa shape index (κ2) is 11.4. The van der Waals surface area contributed by atoms with Gasteiger partial charge in [0.2, 0.25) is 10.0 Å². The maximum Gasteiger partial charge on any atom is 0.258 e. The Morgan fingerprint density at radius 2 is 1.82 bits per heavy atom. The summed E-state index contributed by atoms with van der Waals surface area (Å²) >= 11 is 0. The lowest BCUT2D eigenvalue weighted by Gasteiger charge is -2.20. The molecule has 0 aliphatic carbocycles. The number of anilines is 1. The molecule has 4 rings (SSSR count). The second-order valence-electron chi connectivity index (χ2n) is 10.1. The fraction of sp³-hybridized carbons (Fsp3) is 0.233. The van der Waals surface area contributed by atoms with Gasteiger partial charge in [-0.05, 0) is 55.2 Å². The maximum atomic E-state index is 13.3. The summed E-state index contributed by atoms with van der Waals surface area (Å²) in [6, 6.07) is 21.8. The molecule has 208 valence electrons. The van der Waals surface area contributed by atoms with Crippen LogP contribution in [-0.2, 0) is 22.0 Å². The number of aromatic nitrogens is 2. The molecule has 1 heterocycles. The number of benzene rings is 3. The van der Waals surface area contributed by atoms with E-state index in [1.165, 1.54) is 13.1 Å². The van der Waals surface area contributed by atoms with Crippen molar-refractivity contribution in [3.05, 3.63) is 107 Å². The Morgan fingerprint density at radius 1 is 1.15 bits per heavy atom. The number of amides is 1. The van der Waals surface area contributed by atoms with Gasteiger partial charge >= 0.3 is 0 Å². The van der Waals surface area contributed by atoms with Gasteiger partial charge in [-0.1, -0.05) is 72.4 Å². The second-order valence-corrected chi connectivity index (χ2v) is 12.1. The number of rotatable bonds is 10. The molecule has 1 aromatic heterocycles. The molecular formula is C30H33N5O4S. The molecule has 4 aromatic rings. The number of nitrogens with one attached hydrogen (secondary N) is 1. The monoisotopic (exact) mass is 559 g/mol. The van der Waals surface area contributed by atoms with Crippen LogP contribution in [0.2, 0.25) is 0 Å². The Morgan fingerprint density at radius 3 is 2.45 bits per heavy atom. The lowest BCUT2D eigenvalue weighted by molar-refractivity contribution is 0.0940. The smallest absolute Gasteiger partial charge is 0.258 e. The first-order chi connectivity index (χ1) is 18.9. The molecule has 9 nitrogen and oxygen atoms in total. The minimum atomic E-state index is -3.62. The van der Waals surface area contributed by atoms with E-state index < -0.39 is 21.5 Å². The van der Waals surface area contributed by atoms with Crippen LogP contribution >= 0.6 is 0 Å². The zero-order chi connectivity index (χ0) is 29.1. The van der Waals surface area contributed by atoms with Gasteiger partial charge in [-0.25, -0.2) is 8.42 Å². The molecule has 0 saturated carbocycles. The van der Waals surface area contributed by atoms with Crippen LogP contribution in [0, 0.1) is 0 Å². The Balaban J connectivity index is 1.66. The molecule has 0 unspecified atom stereocenters. The summed E-state index contributed by atoms with van der Waals surface area (Å²) in [7, 11) is -2.20.